The van der Waals surface area contributed by atoms with Gasteiger partial charge in [-0.2, -0.15) is 5.26 Å². The van der Waals surface area contributed by atoms with E-state index in [0.717, 1.165) is 11.1 Å². The minimum Gasteiger partial charge on any atom is -0.494 e. The number of halogens is 1. The average molecular weight is 472 g/mol. The second-order valence-corrected chi connectivity index (χ2v) is 8.93. The predicted molar refractivity (Wildman–Crippen MR) is 122 cm³/mol. The first-order valence-electron chi connectivity index (χ1n) is 9.68. The normalized spacial score (nSPS) is 11.2. The second-order valence-electron chi connectivity index (χ2n) is 7.54. The maximum absolute atomic E-state index is 10.9. The number of benzene rings is 2. The molecular weight excluding hydrogens is 450 g/mol. The summed E-state index contributed by atoms with van der Waals surface area (Å²) in [7, 11) is -1.10. The smallest absolute Gasteiger partial charge is 0.155 e. The first-order chi connectivity index (χ1) is 15.2. The molecule has 0 fully saturated rings. The second kappa shape index (κ2) is 9.98. The fourth-order valence-corrected chi connectivity index (χ4v) is 3.93. The molecular formula is C23H22ClN3O4S. The summed E-state index contributed by atoms with van der Waals surface area (Å²) >= 11 is 6.33. The number of methoxy groups -OCH3 is 1. The Hall–Kier alpha value is -3.15. The Morgan fingerprint density at radius 1 is 1.12 bits per heavy atom. The number of thiol groups is 1. The van der Waals surface area contributed by atoms with Gasteiger partial charge in [-0.1, -0.05) is 37.6 Å². The molecule has 2 aromatic carbocycles. The van der Waals surface area contributed by atoms with E-state index in [2.05, 4.69) is 16.0 Å². The highest BCUT2D eigenvalue weighted by Gasteiger charge is 2.26. The van der Waals surface area contributed by atoms with Gasteiger partial charge in [0, 0.05) is 11.6 Å². The maximum atomic E-state index is 10.9. The number of ether oxygens (including phenoxy) is 2. The molecule has 1 heterocycles. The van der Waals surface area contributed by atoms with E-state index < -0.39 is 16.1 Å². The van der Waals surface area contributed by atoms with Gasteiger partial charge in [-0.25, -0.2) is 18.4 Å². The highest BCUT2D eigenvalue weighted by Crippen LogP contribution is 2.38. The first-order valence-corrected chi connectivity index (χ1v) is 11.4. The summed E-state index contributed by atoms with van der Waals surface area (Å²) in [5.74, 6) is 1.06. The lowest BCUT2D eigenvalue weighted by atomic mass is 9.77. The summed E-state index contributed by atoms with van der Waals surface area (Å²) in [6.45, 7) is 4.28. The molecule has 0 saturated carbocycles. The van der Waals surface area contributed by atoms with E-state index in [4.69, 9.17) is 21.1 Å². The van der Waals surface area contributed by atoms with Crippen molar-refractivity contribution in [3.05, 3.63) is 81.9 Å². The van der Waals surface area contributed by atoms with E-state index in [1.807, 2.05) is 44.2 Å². The molecule has 166 valence electrons. The third kappa shape index (κ3) is 5.36. The highest BCUT2D eigenvalue weighted by molar-refractivity contribution is 7.71. The zero-order valence-corrected chi connectivity index (χ0v) is 19.5. The average Bonchev–Trinajstić information content (AvgIpc) is 2.77. The molecule has 7 nitrogen and oxygen atoms in total. The number of hydrogen-bond acceptors (Lipinski definition) is 7. The van der Waals surface area contributed by atoms with Crippen LogP contribution in [-0.4, -0.2) is 25.5 Å². The topological polar surface area (TPSA) is 102 Å². The van der Waals surface area contributed by atoms with Crippen LogP contribution >= 0.6 is 11.6 Å². The third-order valence-corrected chi connectivity index (χ3v) is 5.91. The molecule has 0 unspecified atom stereocenters. The van der Waals surface area contributed by atoms with Crippen molar-refractivity contribution >= 4 is 22.3 Å². The van der Waals surface area contributed by atoms with Crippen molar-refractivity contribution in [2.45, 2.75) is 31.6 Å². The molecule has 0 radical (unpaired) electrons. The summed E-state index contributed by atoms with van der Waals surface area (Å²) in [4.78, 5) is 8.14. The number of aromatic nitrogens is 2. The summed E-state index contributed by atoms with van der Waals surface area (Å²) in [5.41, 5.74) is 2.45. The van der Waals surface area contributed by atoms with E-state index in [1.165, 1.54) is 13.3 Å². The molecule has 0 aliphatic carbocycles. The van der Waals surface area contributed by atoms with Crippen molar-refractivity contribution in [3.63, 3.8) is 0 Å². The Balaban J connectivity index is 1.77. The Morgan fingerprint density at radius 2 is 1.84 bits per heavy atom. The summed E-state index contributed by atoms with van der Waals surface area (Å²) in [5, 5.41) is 9.83. The minimum absolute atomic E-state index is 0.188. The molecule has 3 aromatic rings. The van der Waals surface area contributed by atoms with Crippen LogP contribution in [0.15, 0.2) is 48.7 Å². The summed E-state index contributed by atoms with van der Waals surface area (Å²) in [6, 6.07) is 15.0. The summed E-state index contributed by atoms with van der Waals surface area (Å²) in [6.07, 6.45) is 1.51. The molecule has 0 amide bonds. The first kappa shape index (κ1) is 23.5. The molecule has 0 aliphatic rings. The standard InChI is InChI=1S/C23H22ClN3O4S/c1-23(2,17-10-15(12-25)22(30-3)20(24)11-17)16-4-6-19(7-5-16)31-13-18-8-9-26-21(27-18)14-32(28)29/h4-11,32H,13-14H2,1-3H3. The van der Waals surface area contributed by atoms with Gasteiger partial charge in [0.2, 0.25) is 0 Å². The monoisotopic (exact) mass is 471 g/mol. The molecule has 0 bridgehead atoms. The van der Waals surface area contributed by atoms with Crippen LogP contribution in [0.1, 0.15) is 42.1 Å². The Morgan fingerprint density at radius 3 is 2.47 bits per heavy atom. The van der Waals surface area contributed by atoms with Gasteiger partial charge in [0.1, 0.15) is 40.7 Å². The van der Waals surface area contributed by atoms with Crippen molar-refractivity contribution in [1.29, 1.82) is 5.26 Å². The molecule has 0 saturated heterocycles. The zero-order chi connectivity index (χ0) is 23.3. The quantitative estimate of drug-likeness (QED) is 0.495. The van der Waals surface area contributed by atoms with Crippen molar-refractivity contribution in [2.75, 3.05) is 7.11 Å². The fraction of sp³-hybridized carbons (Fsp3) is 0.261. The molecule has 32 heavy (non-hydrogen) atoms. The van der Waals surface area contributed by atoms with Crippen LogP contribution in [0.25, 0.3) is 0 Å². The van der Waals surface area contributed by atoms with E-state index in [9.17, 15) is 13.7 Å². The molecule has 0 aliphatic heterocycles. The van der Waals surface area contributed by atoms with Gasteiger partial charge in [0.15, 0.2) is 5.75 Å². The number of rotatable bonds is 8. The fourth-order valence-electron chi connectivity index (χ4n) is 3.25. The van der Waals surface area contributed by atoms with Crippen LogP contribution in [-0.2, 0) is 28.5 Å². The van der Waals surface area contributed by atoms with Crippen molar-refractivity contribution < 1.29 is 17.9 Å². The predicted octanol–water partition coefficient (Wildman–Crippen LogP) is 4.03. The van der Waals surface area contributed by atoms with E-state index in [1.54, 1.807) is 12.1 Å². The van der Waals surface area contributed by atoms with Gasteiger partial charge >= 0.3 is 0 Å². The molecule has 0 spiro atoms. The van der Waals surface area contributed by atoms with Gasteiger partial charge in [-0.05, 0) is 41.5 Å². The third-order valence-electron chi connectivity index (χ3n) is 5.09. The number of nitriles is 1. The van der Waals surface area contributed by atoms with Crippen LogP contribution in [0, 0.1) is 11.3 Å². The van der Waals surface area contributed by atoms with Crippen LogP contribution in [0.3, 0.4) is 0 Å². The SMILES string of the molecule is COc1c(Cl)cc(C(C)(C)c2ccc(OCc3ccnc(C[SH](=O)=O)n3)cc2)cc1C#N. The van der Waals surface area contributed by atoms with Gasteiger partial charge in [0.25, 0.3) is 0 Å². The minimum atomic E-state index is -2.58. The lowest BCUT2D eigenvalue weighted by Gasteiger charge is -2.27. The number of nitrogens with zero attached hydrogens (tertiary/aromatic N) is 3. The van der Waals surface area contributed by atoms with Gasteiger partial charge in [0.05, 0.1) is 23.4 Å². The largest absolute Gasteiger partial charge is 0.494 e. The van der Waals surface area contributed by atoms with E-state index in [0.29, 0.717) is 27.8 Å². The van der Waals surface area contributed by atoms with Gasteiger partial charge in [-0.3, -0.25) is 0 Å². The Bertz CT molecular complexity index is 1230. The molecule has 0 N–H and O–H groups in total. The molecule has 1 aromatic heterocycles. The maximum Gasteiger partial charge on any atom is 0.155 e. The van der Waals surface area contributed by atoms with Crippen LogP contribution in [0.5, 0.6) is 11.5 Å². The highest BCUT2D eigenvalue weighted by atomic mass is 35.5. The van der Waals surface area contributed by atoms with Crippen LogP contribution in [0.2, 0.25) is 5.02 Å². The van der Waals surface area contributed by atoms with Crippen LogP contribution in [0.4, 0.5) is 0 Å². The van der Waals surface area contributed by atoms with Gasteiger partial charge in [-0.15, -0.1) is 0 Å². The Labute approximate surface area is 193 Å². The lowest BCUT2D eigenvalue weighted by molar-refractivity contribution is 0.300. The lowest BCUT2D eigenvalue weighted by Crippen LogP contribution is -2.19. The number of hydrogen-bond donors (Lipinski definition) is 1. The van der Waals surface area contributed by atoms with Crippen molar-refractivity contribution in [3.8, 4) is 17.6 Å². The van der Waals surface area contributed by atoms with Gasteiger partial charge < -0.3 is 9.47 Å². The summed E-state index contributed by atoms with van der Waals surface area (Å²) < 4.78 is 32.7. The van der Waals surface area contributed by atoms with E-state index in [-0.39, 0.29) is 18.2 Å². The van der Waals surface area contributed by atoms with Crippen LogP contribution < -0.4 is 9.47 Å². The Kier molecular flexibility index (Phi) is 7.33. The zero-order valence-electron chi connectivity index (χ0n) is 17.8. The molecule has 3 rings (SSSR count). The molecule has 0 atom stereocenters. The van der Waals surface area contributed by atoms with Crippen molar-refractivity contribution in [1.82, 2.24) is 9.97 Å². The molecule has 9 heteroatoms. The van der Waals surface area contributed by atoms with E-state index >= 15 is 0 Å². The van der Waals surface area contributed by atoms with Crippen molar-refractivity contribution in [2.24, 2.45) is 0 Å².